The van der Waals surface area contributed by atoms with E-state index in [0.29, 0.717) is 6.42 Å². The molecule has 15 heavy (non-hydrogen) atoms. The Morgan fingerprint density at radius 2 is 2.00 bits per heavy atom. The lowest BCUT2D eigenvalue weighted by Gasteiger charge is -2.32. The molecule has 82 valence electrons. The molecule has 2 aliphatic rings. The molecule has 0 aromatic heterocycles. The minimum Gasteiger partial charge on any atom is -0.480 e. The number of rotatable bonds is 2. The molecule has 1 aliphatic carbocycles. The second-order valence-electron chi connectivity index (χ2n) is 4.15. The Morgan fingerprint density at radius 1 is 1.33 bits per heavy atom. The lowest BCUT2D eigenvalue weighted by Crippen LogP contribution is -2.50. The average molecular weight is 211 g/mol. The van der Waals surface area contributed by atoms with Gasteiger partial charge in [-0.15, -0.1) is 0 Å². The number of amides is 1. The molecule has 0 bridgehead atoms. The molecule has 0 radical (unpaired) electrons. The Hall–Kier alpha value is -1.39. The Morgan fingerprint density at radius 3 is 2.53 bits per heavy atom. The number of carbonyl (C=O) groups is 3. The van der Waals surface area contributed by atoms with Gasteiger partial charge in [0.05, 0.1) is 0 Å². The Balaban J connectivity index is 2.10. The first kappa shape index (κ1) is 10.1. The maximum atomic E-state index is 11.7. The molecule has 1 atom stereocenters. The topological polar surface area (TPSA) is 74.7 Å². The predicted octanol–water partition coefficient (Wildman–Crippen LogP) is 0.0411. The number of piperidine rings is 1. The predicted molar refractivity (Wildman–Crippen MR) is 50.1 cm³/mol. The second kappa shape index (κ2) is 3.64. The van der Waals surface area contributed by atoms with Crippen LogP contribution in [-0.2, 0) is 14.4 Å². The molecular formula is C10H13NO4. The molecule has 1 heterocycles. The van der Waals surface area contributed by atoms with Crippen molar-refractivity contribution in [2.45, 2.75) is 31.7 Å². The third-order valence-corrected chi connectivity index (χ3v) is 2.92. The summed E-state index contributed by atoms with van der Waals surface area (Å²) >= 11 is 0. The van der Waals surface area contributed by atoms with Crippen molar-refractivity contribution in [1.82, 2.24) is 4.90 Å². The zero-order chi connectivity index (χ0) is 11.0. The Kier molecular flexibility index (Phi) is 2.46. The average Bonchev–Trinajstić information content (AvgIpc) is 2.99. The van der Waals surface area contributed by atoms with Gasteiger partial charge in [0.25, 0.3) is 0 Å². The molecule has 1 unspecified atom stereocenters. The van der Waals surface area contributed by atoms with Crippen molar-refractivity contribution < 1.29 is 19.5 Å². The van der Waals surface area contributed by atoms with Crippen LogP contribution in [0.4, 0.5) is 0 Å². The van der Waals surface area contributed by atoms with E-state index in [1.807, 2.05) is 0 Å². The summed E-state index contributed by atoms with van der Waals surface area (Å²) in [6.07, 6.45) is 1.97. The van der Waals surface area contributed by atoms with Crippen LogP contribution >= 0.6 is 0 Å². The highest BCUT2D eigenvalue weighted by Gasteiger charge is 2.41. The number of carboxylic acids is 1. The highest BCUT2D eigenvalue weighted by Crippen LogP contribution is 2.32. The lowest BCUT2D eigenvalue weighted by molar-refractivity contribution is -0.154. The fourth-order valence-corrected chi connectivity index (χ4v) is 1.88. The van der Waals surface area contributed by atoms with Gasteiger partial charge in [-0.05, 0) is 12.8 Å². The van der Waals surface area contributed by atoms with Crippen LogP contribution in [-0.4, -0.2) is 40.3 Å². The number of ketones is 1. The normalized spacial score (nSPS) is 26.5. The van der Waals surface area contributed by atoms with Gasteiger partial charge in [-0.2, -0.15) is 0 Å². The van der Waals surface area contributed by atoms with Gasteiger partial charge in [0.1, 0.15) is 11.8 Å². The molecular weight excluding hydrogens is 198 g/mol. The minimum absolute atomic E-state index is 0.0139. The highest BCUT2D eigenvalue weighted by atomic mass is 16.4. The number of aliphatic carboxylic acids is 1. The summed E-state index contributed by atoms with van der Waals surface area (Å²) in [6.45, 7) is 0.269. The summed E-state index contributed by atoms with van der Waals surface area (Å²) in [4.78, 5) is 35.1. The summed E-state index contributed by atoms with van der Waals surface area (Å²) < 4.78 is 0. The Labute approximate surface area is 87.1 Å². The van der Waals surface area contributed by atoms with E-state index in [1.165, 1.54) is 4.90 Å². The summed E-state index contributed by atoms with van der Waals surface area (Å²) in [7, 11) is 0. The Bertz CT molecular complexity index is 321. The summed E-state index contributed by atoms with van der Waals surface area (Å²) in [5, 5.41) is 8.93. The maximum Gasteiger partial charge on any atom is 0.326 e. The van der Waals surface area contributed by atoms with Crippen LogP contribution in [0.15, 0.2) is 0 Å². The first-order valence-corrected chi connectivity index (χ1v) is 5.14. The van der Waals surface area contributed by atoms with Gasteiger partial charge in [0, 0.05) is 25.3 Å². The van der Waals surface area contributed by atoms with E-state index in [-0.39, 0.29) is 30.6 Å². The summed E-state index contributed by atoms with van der Waals surface area (Å²) in [5.74, 6) is -1.21. The molecule has 0 aromatic rings. The van der Waals surface area contributed by atoms with Crippen molar-refractivity contribution in [3.05, 3.63) is 0 Å². The molecule has 0 spiro atoms. The van der Waals surface area contributed by atoms with Gasteiger partial charge in [0.15, 0.2) is 0 Å². The number of nitrogens with zero attached hydrogens (tertiary/aromatic N) is 1. The summed E-state index contributed by atoms with van der Waals surface area (Å²) in [6, 6.07) is -0.931. The van der Waals surface area contributed by atoms with E-state index < -0.39 is 12.0 Å². The summed E-state index contributed by atoms with van der Waals surface area (Å²) in [5.41, 5.74) is 0. The number of hydrogen-bond donors (Lipinski definition) is 1. The molecule has 5 nitrogen and oxygen atoms in total. The van der Waals surface area contributed by atoms with E-state index in [2.05, 4.69) is 0 Å². The van der Waals surface area contributed by atoms with Crippen molar-refractivity contribution in [2.24, 2.45) is 5.92 Å². The van der Waals surface area contributed by atoms with Crippen LogP contribution in [0.25, 0.3) is 0 Å². The fraction of sp³-hybridized carbons (Fsp3) is 0.700. The van der Waals surface area contributed by atoms with Gasteiger partial charge in [-0.25, -0.2) is 4.79 Å². The largest absolute Gasteiger partial charge is 0.480 e. The van der Waals surface area contributed by atoms with Crippen LogP contribution in [0.5, 0.6) is 0 Å². The molecule has 0 aromatic carbocycles. The molecule has 1 saturated heterocycles. The highest BCUT2D eigenvalue weighted by molar-refractivity contribution is 5.92. The number of carbonyl (C=O) groups excluding carboxylic acids is 2. The van der Waals surface area contributed by atoms with E-state index in [0.717, 1.165) is 12.8 Å². The second-order valence-corrected chi connectivity index (χ2v) is 4.15. The number of hydrogen-bond acceptors (Lipinski definition) is 3. The first-order valence-electron chi connectivity index (χ1n) is 5.14. The monoisotopic (exact) mass is 211 g/mol. The number of likely N-dealkylation sites (tertiary alicyclic amines) is 1. The van der Waals surface area contributed by atoms with Crippen molar-refractivity contribution in [3.63, 3.8) is 0 Å². The molecule has 1 amide bonds. The van der Waals surface area contributed by atoms with Gasteiger partial charge in [0.2, 0.25) is 5.91 Å². The number of carboxylic acid groups (broad SMARTS) is 1. The SMILES string of the molecule is O=C1CCN(C(=O)C2CC2)C(C(=O)O)C1. The van der Waals surface area contributed by atoms with Crippen molar-refractivity contribution in [1.29, 1.82) is 0 Å². The molecule has 1 N–H and O–H groups in total. The number of Topliss-reactive ketones (excluding diaryl/α,β-unsaturated/α-hetero) is 1. The maximum absolute atomic E-state index is 11.7. The van der Waals surface area contributed by atoms with Gasteiger partial charge >= 0.3 is 5.97 Å². The van der Waals surface area contributed by atoms with Crippen molar-refractivity contribution in [2.75, 3.05) is 6.54 Å². The van der Waals surface area contributed by atoms with Crippen LogP contribution in [0, 0.1) is 5.92 Å². The molecule has 2 rings (SSSR count). The first-order chi connectivity index (χ1) is 7.09. The molecule has 2 fully saturated rings. The third kappa shape index (κ3) is 2.00. The quantitative estimate of drug-likeness (QED) is 0.699. The zero-order valence-electron chi connectivity index (χ0n) is 8.31. The van der Waals surface area contributed by atoms with Crippen LogP contribution in [0.1, 0.15) is 25.7 Å². The smallest absolute Gasteiger partial charge is 0.326 e. The van der Waals surface area contributed by atoms with Crippen LogP contribution in [0.3, 0.4) is 0 Å². The van der Waals surface area contributed by atoms with E-state index in [9.17, 15) is 14.4 Å². The molecule has 5 heteroatoms. The minimum atomic E-state index is -1.07. The van der Waals surface area contributed by atoms with Crippen molar-refractivity contribution in [3.8, 4) is 0 Å². The van der Waals surface area contributed by atoms with E-state index in [4.69, 9.17) is 5.11 Å². The standard InChI is InChI=1S/C10H13NO4/c12-7-3-4-11(8(5-7)10(14)15)9(13)6-1-2-6/h6,8H,1-5H2,(H,14,15). The van der Waals surface area contributed by atoms with Crippen LogP contribution in [0.2, 0.25) is 0 Å². The van der Waals surface area contributed by atoms with Gasteiger partial charge in [-0.1, -0.05) is 0 Å². The van der Waals surface area contributed by atoms with E-state index >= 15 is 0 Å². The van der Waals surface area contributed by atoms with Gasteiger partial charge in [-0.3, -0.25) is 9.59 Å². The van der Waals surface area contributed by atoms with Crippen LogP contribution < -0.4 is 0 Å². The fourth-order valence-electron chi connectivity index (χ4n) is 1.88. The molecule has 1 saturated carbocycles. The van der Waals surface area contributed by atoms with E-state index in [1.54, 1.807) is 0 Å². The zero-order valence-corrected chi connectivity index (χ0v) is 8.31. The molecule has 1 aliphatic heterocycles. The third-order valence-electron chi connectivity index (χ3n) is 2.92. The van der Waals surface area contributed by atoms with Gasteiger partial charge < -0.3 is 10.0 Å². The lowest BCUT2D eigenvalue weighted by atomic mass is 10.0. The van der Waals surface area contributed by atoms with Crippen molar-refractivity contribution >= 4 is 17.7 Å².